The molecule has 1 rings (SSSR count). The molecule has 3 nitrogen and oxygen atoms in total. The van der Waals surface area contributed by atoms with E-state index in [9.17, 15) is 4.39 Å². The minimum atomic E-state index is -0.891. The number of aliphatic hydroxyl groups is 1. The smallest absolute Gasteiger partial charge is 0.115 e. The minimum Gasteiger partial charge on any atom is -0.390 e. The van der Waals surface area contributed by atoms with Crippen molar-refractivity contribution in [2.45, 2.75) is 31.4 Å². The molecular weight excluding hydrogens is 173 g/mol. The van der Waals surface area contributed by atoms with Gasteiger partial charge in [-0.3, -0.25) is 0 Å². The maximum absolute atomic E-state index is 12.0. The Bertz CT molecular complexity index is 140. The van der Waals surface area contributed by atoms with Crippen LogP contribution in [0.5, 0.6) is 0 Å². The topological polar surface area (TPSA) is 55.5 Å². The lowest BCUT2D eigenvalue weighted by Crippen LogP contribution is -2.37. The summed E-state index contributed by atoms with van der Waals surface area (Å²) in [6.45, 7) is 0.783. The van der Waals surface area contributed by atoms with Crippen LogP contribution in [-0.4, -0.2) is 37.1 Å². The van der Waals surface area contributed by atoms with E-state index in [1.165, 1.54) is 0 Å². The molecule has 0 aromatic rings. The fourth-order valence-corrected chi connectivity index (χ4v) is 1.71. The van der Waals surface area contributed by atoms with Crippen molar-refractivity contribution in [1.29, 1.82) is 0 Å². The molecule has 3 N–H and O–H groups in total. The molecule has 1 aliphatic heterocycles. The van der Waals surface area contributed by atoms with Crippen LogP contribution in [0.1, 0.15) is 19.3 Å². The van der Waals surface area contributed by atoms with Gasteiger partial charge in [0.25, 0.3) is 0 Å². The number of hydrogen-bond donors (Lipinski definition) is 2. The van der Waals surface area contributed by atoms with E-state index in [0.717, 1.165) is 26.1 Å². The maximum Gasteiger partial charge on any atom is 0.115 e. The summed E-state index contributed by atoms with van der Waals surface area (Å²) in [7, 11) is 0. The average molecular weight is 191 g/mol. The van der Waals surface area contributed by atoms with Crippen LogP contribution in [0.3, 0.4) is 0 Å². The largest absolute Gasteiger partial charge is 0.390 e. The lowest BCUT2D eigenvalue weighted by Gasteiger charge is -2.28. The zero-order chi connectivity index (χ0) is 9.68. The summed E-state index contributed by atoms with van der Waals surface area (Å²) < 4.78 is 17.2. The highest BCUT2D eigenvalue weighted by Gasteiger charge is 2.22. The van der Waals surface area contributed by atoms with Gasteiger partial charge in [0.15, 0.2) is 0 Å². The Balaban J connectivity index is 2.24. The third kappa shape index (κ3) is 3.58. The van der Waals surface area contributed by atoms with Crippen molar-refractivity contribution in [3.8, 4) is 0 Å². The van der Waals surface area contributed by atoms with Crippen LogP contribution in [0, 0.1) is 5.92 Å². The zero-order valence-corrected chi connectivity index (χ0v) is 7.79. The van der Waals surface area contributed by atoms with Gasteiger partial charge >= 0.3 is 0 Å². The van der Waals surface area contributed by atoms with Crippen LogP contribution in [0.15, 0.2) is 0 Å². The molecule has 0 aliphatic carbocycles. The second-order valence-electron chi connectivity index (χ2n) is 3.66. The zero-order valence-electron chi connectivity index (χ0n) is 7.79. The molecule has 2 atom stereocenters. The second kappa shape index (κ2) is 5.52. The maximum atomic E-state index is 12.0. The van der Waals surface area contributed by atoms with Crippen LogP contribution in [0.25, 0.3) is 0 Å². The lowest BCUT2D eigenvalue weighted by atomic mass is 9.89. The molecule has 0 amide bonds. The Kier molecular flexibility index (Phi) is 4.62. The van der Waals surface area contributed by atoms with Crippen molar-refractivity contribution in [2.24, 2.45) is 11.7 Å². The van der Waals surface area contributed by atoms with Crippen LogP contribution in [0.4, 0.5) is 4.39 Å². The van der Waals surface area contributed by atoms with Crippen molar-refractivity contribution in [3.63, 3.8) is 0 Å². The van der Waals surface area contributed by atoms with E-state index >= 15 is 0 Å². The van der Waals surface area contributed by atoms with Crippen molar-refractivity contribution in [3.05, 3.63) is 0 Å². The first-order valence-electron chi connectivity index (χ1n) is 4.81. The predicted molar refractivity (Wildman–Crippen MR) is 48.1 cm³/mol. The Hall–Kier alpha value is -0.190. The summed E-state index contributed by atoms with van der Waals surface area (Å²) in [4.78, 5) is 0. The average Bonchev–Trinajstić information content (AvgIpc) is 2.19. The predicted octanol–water partition coefficient (Wildman–Crippen LogP) is 0.461. The third-order valence-electron chi connectivity index (χ3n) is 2.59. The highest BCUT2D eigenvalue weighted by Crippen LogP contribution is 2.20. The molecule has 78 valence electrons. The molecule has 4 heteroatoms. The van der Waals surface area contributed by atoms with E-state index in [4.69, 9.17) is 15.6 Å². The first kappa shape index (κ1) is 10.9. The van der Waals surface area contributed by atoms with Gasteiger partial charge in [0, 0.05) is 19.3 Å². The number of hydrogen-bond acceptors (Lipinski definition) is 3. The molecule has 1 fully saturated rings. The van der Waals surface area contributed by atoms with E-state index in [0.29, 0.717) is 12.3 Å². The van der Waals surface area contributed by atoms with E-state index in [2.05, 4.69) is 0 Å². The minimum absolute atomic E-state index is 0.0883. The van der Waals surface area contributed by atoms with Crippen LogP contribution < -0.4 is 5.73 Å². The Labute approximate surface area is 78.1 Å². The summed E-state index contributed by atoms with van der Waals surface area (Å²) >= 11 is 0. The van der Waals surface area contributed by atoms with Crippen molar-refractivity contribution in [1.82, 2.24) is 0 Å². The van der Waals surface area contributed by atoms with Crippen LogP contribution >= 0.6 is 0 Å². The summed E-state index contributed by atoms with van der Waals surface area (Å²) in [6, 6.07) is -0.0883. The molecule has 13 heavy (non-hydrogen) atoms. The molecule has 0 aromatic heterocycles. The number of ether oxygens (including phenoxy) is 1. The fraction of sp³-hybridized carbons (Fsp3) is 1.00. The van der Waals surface area contributed by atoms with Gasteiger partial charge in [0.1, 0.15) is 6.67 Å². The fourth-order valence-electron chi connectivity index (χ4n) is 1.71. The number of halogens is 1. The molecule has 0 bridgehead atoms. The summed E-state index contributed by atoms with van der Waals surface area (Å²) in [5.74, 6) is 0.384. The molecule has 1 aliphatic rings. The number of alkyl halides is 1. The Morgan fingerprint density at radius 1 is 1.46 bits per heavy atom. The van der Waals surface area contributed by atoms with E-state index in [-0.39, 0.29) is 6.04 Å². The summed E-state index contributed by atoms with van der Waals surface area (Å²) in [5.41, 5.74) is 5.84. The highest BCUT2D eigenvalue weighted by molar-refractivity contribution is 4.77. The first-order chi connectivity index (χ1) is 6.24. The van der Waals surface area contributed by atoms with Gasteiger partial charge in [-0.05, 0) is 25.2 Å². The SMILES string of the molecule is NC(CC(O)CF)C1CCOCC1. The quantitative estimate of drug-likeness (QED) is 0.678. The van der Waals surface area contributed by atoms with E-state index in [1.54, 1.807) is 0 Å². The highest BCUT2D eigenvalue weighted by atomic mass is 19.1. The van der Waals surface area contributed by atoms with Crippen molar-refractivity contribution >= 4 is 0 Å². The van der Waals surface area contributed by atoms with Crippen molar-refractivity contribution < 1.29 is 14.2 Å². The van der Waals surface area contributed by atoms with Gasteiger partial charge in [-0.1, -0.05) is 0 Å². The molecular formula is C9H18FNO2. The first-order valence-corrected chi connectivity index (χ1v) is 4.81. The van der Waals surface area contributed by atoms with Gasteiger partial charge in [-0.2, -0.15) is 0 Å². The van der Waals surface area contributed by atoms with Gasteiger partial charge in [0.05, 0.1) is 6.10 Å². The van der Waals surface area contributed by atoms with Crippen LogP contribution in [-0.2, 0) is 4.74 Å². The Morgan fingerprint density at radius 2 is 2.08 bits per heavy atom. The molecule has 0 saturated carbocycles. The Morgan fingerprint density at radius 3 is 2.62 bits per heavy atom. The van der Waals surface area contributed by atoms with E-state index < -0.39 is 12.8 Å². The van der Waals surface area contributed by atoms with Gasteiger partial charge in [0.2, 0.25) is 0 Å². The number of aliphatic hydroxyl groups excluding tert-OH is 1. The summed E-state index contributed by atoms with van der Waals surface area (Å²) in [6.07, 6.45) is 1.33. The van der Waals surface area contributed by atoms with Gasteiger partial charge in [-0.15, -0.1) is 0 Å². The monoisotopic (exact) mass is 191 g/mol. The van der Waals surface area contributed by atoms with Crippen LogP contribution in [0.2, 0.25) is 0 Å². The molecule has 0 radical (unpaired) electrons. The number of nitrogens with two attached hydrogens (primary N) is 1. The third-order valence-corrected chi connectivity index (χ3v) is 2.59. The lowest BCUT2D eigenvalue weighted by molar-refractivity contribution is 0.0464. The van der Waals surface area contributed by atoms with E-state index in [1.807, 2.05) is 0 Å². The molecule has 0 spiro atoms. The normalized spacial score (nSPS) is 24.2. The van der Waals surface area contributed by atoms with Gasteiger partial charge in [-0.25, -0.2) is 4.39 Å². The summed E-state index contributed by atoms with van der Waals surface area (Å²) in [5, 5.41) is 9.07. The molecule has 1 saturated heterocycles. The second-order valence-corrected chi connectivity index (χ2v) is 3.66. The molecule has 1 heterocycles. The van der Waals surface area contributed by atoms with Crippen molar-refractivity contribution in [2.75, 3.05) is 19.9 Å². The molecule has 2 unspecified atom stereocenters. The number of rotatable bonds is 4. The van der Waals surface area contributed by atoms with Gasteiger partial charge < -0.3 is 15.6 Å². The molecule has 0 aromatic carbocycles. The standard InChI is InChI=1S/C9H18FNO2/c10-6-8(12)5-9(11)7-1-3-13-4-2-7/h7-9,12H,1-6,11H2.